The summed E-state index contributed by atoms with van der Waals surface area (Å²) in [5, 5.41) is 2.33. The highest BCUT2D eigenvalue weighted by atomic mass is 19.1. The summed E-state index contributed by atoms with van der Waals surface area (Å²) in [6.45, 7) is 1.21. The topological polar surface area (TPSA) is 107 Å². The number of ether oxygens (including phenoxy) is 2. The van der Waals surface area contributed by atoms with Gasteiger partial charge in [-0.3, -0.25) is 19.2 Å². The van der Waals surface area contributed by atoms with Gasteiger partial charge in [0.2, 0.25) is 5.43 Å². The van der Waals surface area contributed by atoms with Crippen LogP contribution >= 0.6 is 0 Å². The van der Waals surface area contributed by atoms with E-state index in [1.165, 1.54) is 10.8 Å². The molecule has 9 nitrogen and oxygen atoms in total. The first-order chi connectivity index (χ1) is 20.6. The third-order valence-corrected chi connectivity index (χ3v) is 8.50. The Kier molecular flexibility index (Phi) is 7.33. The first kappa shape index (κ1) is 28.7. The highest BCUT2D eigenvalue weighted by Crippen LogP contribution is 2.46. The number of carbonyl (C=O) groups excluding carboxylic acids is 3. The third kappa shape index (κ3) is 5.09. The summed E-state index contributed by atoms with van der Waals surface area (Å²) in [5.41, 5.74) is -2.26. The first-order valence-electron chi connectivity index (χ1n) is 13.9. The van der Waals surface area contributed by atoms with Crippen LogP contribution in [-0.2, 0) is 22.7 Å². The fraction of sp³-hybridized carbons (Fsp3) is 0.355. The molecule has 4 heterocycles. The second-order valence-electron chi connectivity index (χ2n) is 11.2. The number of ketones is 1. The van der Waals surface area contributed by atoms with Gasteiger partial charge >= 0.3 is 0 Å². The van der Waals surface area contributed by atoms with Gasteiger partial charge in [-0.1, -0.05) is 30.3 Å². The molecular weight excluding hydrogens is 567 g/mol. The van der Waals surface area contributed by atoms with Crippen molar-refractivity contribution in [2.75, 3.05) is 13.2 Å². The number of pyridine rings is 1. The molecule has 1 aromatic heterocycles. The predicted octanol–water partition coefficient (Wildman–Crippen LogP) is 3.68. The summed E-state index contributed by atoms with van der Waals surface area (Å²) in [6, 6.07) is 9.04. The molecule has 2 aromatic carbocycles. The molecule has 1 spiro atoms. The zero-order chi connectivity index (χ0) is 30.5. The molecule has 0 aliphatic carbocycles. The maximum absolute atomic E-state index is 14.2. The number of rotatable bonds is 6. The van der Waals surface area contributed by atoms with Gasteiger partial charge in [-0.05, 0) is 25.3 Å². The summed E-state index contributed by atoms with van der Waals surface area (Å²) >= 11 is 0. The van der Waals surface area contributed by atoms with Crippen LogP contribution in [-0.4, -0.2) is 51.9 Å². The molecule has 12 heteroatoms. The highest BCUT2D eigenvalue weighted by molar-refractivity contribution is 5.99. The Bertz CT molecular complexity index is 1670. The molecule has 2 fully saturated rings. The number of halogens is 3. The minimum absolute atomic E-state index is 0.0690. The summed E-state index contributed by atoms with van der Waals surface area (Å²) in [5.74, 6) is -5.41. The third-order valence-electron chi connectivity index (χ3n) is 8.50. The van der Waals surface area contributed by atoms with Crippen molar-refractivity contribution in [3.05, 3.63) is 98.7 Å². The van der Waals surface area contributed by atoms with Crippen molar-refractivity contribution >= 4 is 17.6 Å². The number of Topliss-reactive ketones (excluding diaryl/α,β-unsaturated/α-hetero) is 1. The number of fused-ring (bicyclic) bond motifs is 5. The molecule has 2 saturated heterocycles. The molecule has 224 valence electrons. The van der Waals surface area contributed by atoms with Crippen LogP contribution in [0.25, 0.3) is 0 Å². The molecule has 3 atom stereocenters. The van der Waals surface area contributed by atoms with Crippen LogP contribution in [0.1, 0.15) is 64.2 Å². The zero-order valence-corrected chi connectivity index (χ0v) is 23.2. The number of nitrogens with zero attached hydrogens (tertiary/aromatic N) is 2. The van der Waals surface area contributed by atoms with Crippen molar-refractivity contribution in [3.63, 3.8) is 0 Å². The van der Waals surface area contributed by atoms with Crippen LogP contribution in [0.2, 0.25) is 0 Å². The molecule has 2 amide bonds. The van der Waals surface area contributed by atoms with Crippen LogP contribution in [0.15, 0.2) is 53.5 Å². The number of benzene rings is 2. The summed E-state index contributed by atoms with van der Waals surface area (Å²) in [4.78, 5) is 55.2. The molecular formula is C31H28F3N3O6. The summed E-state index contributed by atoms with van der Waals surface area (Å²) in [7, 11) is 0. The second kappa shape index (κ2) is 11.0. The van der Waals surface area contributed by atoms with Crippen LogP contribution in [0.5, 0.6) is 5.75 Å². The van der Waals surface area contributed by atoms with Crippen LogP contribution in [0.4, 0.5) is 13.2 Å². The SMILES string of the molecule is C[C@H]1CC[C@@]2(CC(=O)CO2)[C@H]2CN1C(=O)c1c(OCc3ccccc3)c(=O)c(C(=O)NCc3c(F)cc(F)cc3F)cn12. The quantitative estimate of drug-likeness (QED) is 0.466. The predicted molar refractivity (Wildman–Crippen MR) is 146 cm³/mol. The van der Waals surface area contributed by atoms with Crippen molar-refractivity contribution in [1.82, 2.24) is 14.8 Å². The molecule has 3 aliphatic rings. The lowest BCUT2D eigenvalue weighted by Crippen LogP contribution is -2.52. The van der Waals surface area contributed by atoms with Gasteiger partial charge in [-0.2, -0.15) is 0 Å². The van der Waals surface area contributed by atoms with Gasteiger partial charge in [0, 0.05) is 49.4 Å². The molecule has 2 bridgehead atoms. The van der Waals surface area contributed by atoms with Gasteiger partial charge in [0.15, 0.2) is 17.2 Å². The highest BCUT2D eigenvalue weighted by Gasteiger charge is 2.54. The fourth-order valence-electron chi connectivity index (χ4n) is 6.20. The summed E-state index contributed by atoms with van der Waals surface area (Å²) < 4.78 is 55.4. The normalized spacial score (nSPS) is 22.8. The molecule has 0 unspecified atom stereocenters. The summed E-state index contributed by atoms with van der Waals surface area (Å²) in [6.07, 6.45) is 2.34. The van der Waals surface area contributed by atoms with E-state index in [4.69, 9.17) is 9.47 Å². The van der Waals surface area contributed by atoms with Crippen molar-refractivity contribution < 1.29 is 37.0 Å². The van der Waals surface area contributed by atoms with Gasteiger partial charge in [0.05, 0.1) is 11.6 Å². The van der Waals surface area contributed by atoms with E-state index in [2.05, 4.69) is 5.32 Å². The molecule has 1 N–H and O–H groups in total. The number of hydrogen-bond donors (Lipinski definition) is 1. The molecule has 0 radical (unpaired) electrons. The lowest BCUT2D eigenvalue weighted by Gasteiger charge is -2.42. The van der Waals surface area contributed by atoms with E-state index < -0.39 is 64.0 Å². The Labute approximate surface area is 244 Å². The Morgan fingerprint density at radius 1 is 1.12 bits per heavy atom. The average Bonchev–Trinajstić information content (AvgIpc) is 3.30. The van der Waals surface area contributed by atoms with E-state index in [0.717, 1.165) is 0 Å². The van der Waals surface area contributed by atoms with Crippen molar-refractivity contribution in [3.8, 4) is 5.75 Å². The minimum atomic E-state index is -1.20. The van der Waals surface area contributed by atoms with Gasteiger partial charge in [-0.25, -0.2) is 13.2 Å². The molecule has 43 heavy (non-hydrogen) atoms. The van der Waals surface area contributed by atoms with E-state index in [-0.39, 0.29) is 49.4 Å². The van der Waals surface area contributed by atoms with Crippen molar-refractivity contribution in [2.24, 2.45) is 0 Å². The minimum Gasteiger partial charge on any atom is -0.483 e. The number of amides is 2. The number of nitrogens with one attached hydrogen (secondary N) is 1. The first-order valence-corrected chi connectivity index (χ1v) is 13.9. The monoisotopic (exact) mass is 595 g/mol. The van der Waals surface area contributed by atoms with E-state index in [9.17, 15) is 32.3 Å². The smallest absolute Gasteiger partial charge is 0.274 e. The number of carbonyl (C=O) groups is 3. The Morgan fingerprint density at radius 3 is 2.51 bits per heavy atom. The standard InChI is InChI=1S/C31H28F3N3O6/c1-17-7-8-31(11-20(38)16-43-31)25-14-36(17)30(41)26-28(42-15-18-5-3-2-4-6-18)27(39)22(13-37(25)26)29(40)35-12-21-23(33)9-19(32)10-24(21)34/h2-6,9-10,13,17,25H,7-8,11-12,14-16H2,1H3,(H,35,40)/t17-,25+,31+/m0/s1. The van der Waals surface area contributed by atoms with Gasteiger partial charge in [0.1, 0.15) is 36.2 Å². The van der Waals surface area contributed by atoms with E-state index in [1.54, 1.807) is 29.2 Å². The van der Waals surface area contributed by atoms with Crippen molar-refractivity contribution in [1.29, 1.82) is 0 Å². The Balaban J connectivity index is 1.46. The molecule has 3 aliphatic heterocycles. The Morgan fingerprint density at radius 2 is 1.84 bits per heavy atom. The lowest BCUT2D eigenvalue weighted by atomic mass is 9.85. The van der Waals surface area contributed by atoms with E-state index >= 15 is 0 Å². The van der Waals surface area contributed by atoms with Crippen molar-refractivity contribution in [2.45, 2.75) is 57.0 Å². The maximum Gasteiger partial charge on any atom is 0.274 e. The maximum atomic E-state index is 14.2. The largest absolute Gasteiger partial charge is 0.483 e. The second-order valence-corrected chi connectivity index (χ2v) is 11.2. The number of aromatic nitrogens is 1. The van der Waals surface area contributed by atoms with Crippen LogP contribution in [0, 0.1) is 17.5 Å². The lowest BCUT2D eigenvalue weighted by molar-refractivity contribution is -0.118. The van der Waals surface area contributed by atoms with E-state index in [1.807, 2.05) is 13.0 Å². The zero-order valence-electron chi connectivity index (χ0n) is 23.2. The van der Waals surface area contributed by atoms with Gasteiger partial charge in [-0.15, -0.1) is 0 Å². The van der Waals surface area contributed by atoms with Gasteiger partial charge < -0.3 is 24.3 Å². The van der Waals surface area contributed by atoms with Crippen LogP contribution in [0.3, 0.4) is 0 Å². The number of hydrogen-bond acceptors (Lipinski definition) is 6. The molecule has 6 rings (SSSR count). The van der Waals surface area contributed by atoms with Crippen LogP contribution < -0.4 is 15.5 Å². The van der Waals surface area contributed by atoms with Gasteiger partial charge in [0.25, 0.3) is 11.8 Å². The fourth-order valence-corrected chi connectivity index (χ4v) is 6.20. The average molecular weight is 596 g/mol. The van der Waals surface area contributed by atoms with E-state index in [0.29, 0.717) is 30.5 Å². The molecule has 0 saturated carbocycles. The molecule has 3 aromatic rings. The Hall–Kier alpha value is -4.45.